The van der Waals surface area contributed by atoms with Crippen molar-refractivity contribution in [3.63, 3.8) is 0 Å². The maximum Gasteiger partial charge on any atom is 0.159 e. The van der Waals surface area contributed by atoms with Crippen LogP contribution in [-0.4, -0.2) is 37.5 Å². The van der Waals surface area contributed by atoms with Crippen molar-refractivity contribution in [3.05, 3.63) is 36.0 Å². The third kappa shape index (κ3) is 3.47. The number of carbonyl (C=O) groups is 1. The number of rotatable bonds is 9. The predicted molar refractivity (Wildman–Crippen MR) is 104 cm³/mol. The van der Waals surface area contributed by atoms with Crippen molar-refractivity contribution in [3.8, 4) is 0 Å². The molecule has 146 valence electrons. The second-order valence-corrected chi connectivity index (χ2v) is 8.03. The van der Waals surface area contributed by atoms with E-state index in [2.05, 4.69) is 20.1 Å². The van der Waals surface area contributed by atoms with Crippen LogP contribution in [0.25, 0.3) is 0 Å². The zero-order chi connectivity index (χ0) is 21.3. The number of ether oxygens (including phenoxy) is 2. The summed E-state index contributed by atoms with van der Waals surface area (Å²) in [5, 5.41) is 9.86. The first-order valence-electron chi connectivity index (χ1n) is 10.3. The first kappa shape index (κ1) is 18.1. The first-order valence-corrected chi connectivity index (χ1v) is 9.32. The van der Waals surface area contributed by atoms with Crippen molar-refractivity contribution < 1.29 is 22.1 Å². The molecule has 4 heteroatoms. The molecule has 0 aromatic heterocycles. The van der Waals surface area contributed by atoms with Crippen molar-refractivity contribution in [2.45, 2.75) is 59.0 Å². The van der Waals surface area contributed by atoms with Gasteiger partial charge in [0.15, 0.2) is 5.78 Å². The van der Waals surface area contributed by atoms with Gasteiger partial charge in [-0.15, -0.1) is 6.58 Å². The summed E-state index contributed by atoms with van der Waals surface area (Å²) in [5.41, 5.74) is 1.34. The molecule has 0 aromatic rings. The van der Waals surface area contributed by atoms with Crippen LogP contribution in [0.15, 0.2) is 36.0 Å². The topological polar surface area (TPSA) is 55.8 Å². The van der Waals surface area contributed by atoms with Gasteiger partial charge in [-0.25, -0.2) is 0 Å². The number of methoxy groups -OCH3 is 1. The molecule has 0 aromatic carbocycles. The quantitative estimate of drug-likeness (QED) is 0.492. The normalized spacial score (nSPS) is 31.0. The standard InChI is InChI=1S/C22H34O4/c1-7-21(5,12-13-23)20(26-14-25-6)17(4)22-10-8-15(2)16(3)19(22)18(24)9-11-22/h7,15,20,23H,1,4,8-14H2,2-3,5-6H3/t15-,20+,21-,22+/m1/s1/i13D2. The van der Waals surface area contributed by atoms with E-state index in [1.807, 2.05) is 6.92 Å². The molecule has 0 bridgehead atoms. The molecule has 0 heterocycles. The Kier molecular flexibility index (Phi) is 5.72. The lowest BCUT2D eigenvalue weighted by Crippen LogP contribution is -2.43. The fraction of sp³-hybridized carbons (Fsp3) is 0.682. The third-order valence-corrected chi connectivity index (χ3v) is 6.48. The smallest absolute Gasteiger partial charge is 0.159 e. The Morgan fingerprint density at radius 3 is 2.85 bits per heavy atom. The van der Waals surface area contributed by atoms with E-state index in [1.54, 1.807) is 13.0 Å². The minimum atomic E-state index is -2.39. The summed E-state index contributed by atoms with van der Waals surface area (Å²) in [4.78, 5) is 12.8. The Bertz CT molecular complexity index is 679. The van der Waals surface area contributed by atoms with E-state index in [-0.39, 0.29) is 19.0 Å². The lowest BCUT2D eigenvalue weighted by Gasteiger charge is -2.46. The number of carbonyl (C=O) groups excluding carboxylic acids is 1. The Labute approximate surface area is 160 Å². The summed E-state index contributed by atoms with van der Waals surface area (Å²) in [5.74, 6) is 0.530. The number of hydrogen-bond acceptors (Lipinski definition) is 4. The summed E-state index contributed by atoms with van der Waals surface area (Å²) in [6, 6.07) is 0. The number of Topliss-reactive ketones (excluding diaryl/α,β-unsaturated/α-hetero) is 1. The van der Waals surface area contributed by atoms with Gasteiger partial charge in [0.05, 0.1) is 8.85 Å². The summed E-state index contributed by atoms with van der Waals surface area (Å²) in [6.45, 7) is 11.9. The lowest BCUT2D eigenvalue weighted by molar-refractivity contribution is -0.114. The fourth-order valence-corrected chi connectivity index (χ4v) is 4.62. The van der Waals surface area contributed by atoms with Crippen molar-refractivity contribution in [2.24, 2.45) is 16.7 Å². The van der Waals surface area contributed by atoms with E-state index in [4.69, 9.17) is 12.2 Å². The van der Waals surface area contributed by atoms with Crippen LogP contribution < -0.4 is 0 Å². The van der Waals surface area contributed by atoms with Crippen molar-refractivity contribution >= 4 is 5.78 Å². The third-order valence-electron chi connectivity index (χ3n) is 6.48. The van der Waals surface area contributed by atoms with Gasteiger partial charge in [-0.1, -0.05) is 32.1 Å². The predicted octanol–water partition coefficient (Wildman–Crippen LogP) is 4.20. The average Bonchev–Trinajstić information content (AvgIpc) is 2.95. The molecule has 26 heavy (non-hydrogen) atoms. The largest absolute Gasteiger partial charge is 0.396 e. The van der Waals surface area contributed by atoms with Gasteiger partial charge in [-0.3, -0.25) is 4.79 Å². The molecule has 1 N–H and O–H groups in total. The molecule has 0 radical (unpaired) electrons. The van der Waals surface area contributed by atoms with Gasteiger partial charge in [-0.2, -0.15) is 0 Å². The molecular weight excluding hydrogens is 328 g/mol. The zero-order valence-electron chi connectivity index (χ0n) is 18.6. The van der Waals surface area contributed by atoms with Crippen LogP contribution in [0.4, 0.5) is 0 Å². The number of hydrogen-bond donors (Lipinski definition) is 1. The van der Waals surface area contributed by atoms with Crippen LogP contribution in [0, 0.1) is 16.7 Å². The van der Waals surface area contributed by atoms with Crippen molar-refractivity contribution in [1.29, 1.82) is 0 Å². The minimum absolute atomic E-state index is 0.00000417. The molecule has 4 atom stereocenters. The molecule has 1 saturated carbocycles. The van der Waals surface area contributed by atoms with Gasteiger partial charge in [-0.05, 0) is 44.1 Å². The van der Waals surface area contributed by atoms with E-state index in [0.717, 1.165) is 29.6 Å². The van der Waals surface area contributed by atoms with Crippen LogP contribution in [-0.2, 0) is 14.3 Å². The summed E-state index contributed by atoms with van der Waals surface area (Å²) in [6.07, 6.45) is 3.73. The molecule has 2 rings (SSSR count). The Balaban J connectivity index is 2.53. The monoisotopic (exact) mass is 364 g/mol. The lowest BCUT2D eigenvalue weighted by atomic mass is 9.61. The Morgan fingerprint density at radius 2 is 2.27 bits per heavy atom. The summed E-state index contributed by atoms with van der Waals surface area (Å²) >= 11 is 0. The summed E-state index contributed by atoms with van der Waals surface area (Å²) in [7, 11) is 1.52. The van der Waals surface area contributed by atoms with E-state index >= 15 is 0 Å². The highest BCUT2D eigenvalue weighted by atomic mass is 16.7. The zero-order valence-corrected chi connectivity index (χ0v) is 16.6. The first-order chi connectivity index (χ1) is 12.9. The maximum atomic E-state index is 12.8. The Morgan fingerprint density at radius 1 is 1.58 bits per heavy atom. The Hall–Kier alpha value is -1.23. The fourth-order valence-electron chi connectivity index (χ4n) is 4.62. The SMILES string of the molecule is [2H]C([2H])(O)C[C@@](C)(C=C)[C@@H](OCOC)C(=C)[C@]12CCC(=O)C1=C(C)[C@H](C)CC2. The number of aliphatic hydroxyl groups is 1. The number of allylic oxidation sites excluding steroid dienone is 2. The summed E-state index contributed by atoms with van der Waals surface area (Å²) < 4.78 is 26.5. The highest BCUT2D eigenvalue weighted by Gasteiger charge is 2.52. The van der Waals surface area contributed by atoms with Crippen LogP contribution in [0.3, 0.4) is 0 Å². The molecular formula is C22H34O4. The molecule has 0 spiro atoms. The van der Waals surface area contributed by atoms with E-state index < -0.39 is 23.5 Å². The van der Waals surface area contributed by atoms with Gasteiger partial charge < -0.3 is 14.6 Å². The van der Waals surface area contributed by atoms with Crippen molar-refractivity contribution in [2.75, 3.05) is 20.5 Å². The molecule has 2 aliphatic rings. The number of ketones is 1. The highest BCUT2D eigenvalue weighted by Crippen LogP contribution is 2.57. The molecule has 0 amide bonds. The second-order valence-electron chi connectivity index (χ2n) is 8.03. The molecule has 0 saturated heterocycles. The molecule has 2 aliphatic carbocycles. The van der Waals surface area contributed by atoms with Crippen LogP contribution >= 0.6 is 0 Å². The molecule has 1 fully saturated rings. The number of fused-ring (bicyclic) bond motifs is 1. The van der Waals surface area contributed by atoms with Gasteiger partial charge >= 0.3 is 0 Å². The van der Waals surface area contributed by atoms with E-state index in [0.29, 0.717) is 18.8 Å². The average molecular weight is 365 g/mol. The molecule has 4 nitrogen and oxygen atoms in total. The minimum Gasteiger partial charge on any atom is -0.396 e. The van der Waals surface area contributed by atoms with E-state index in [1.165, 1.54) is 7.11 Å². The van der Waals surface area contributed by atoms with Gasteiger partial charge in [0, 0.05) is 36.5 Å². The van der Waals surface area contributed by atoms with Crippen molar-refractivity contribution in [1.82, 2.24) is 0 Å². The maximum absolute atomic E-state index is 12.8. The van der Waals surface area contributed by atoms with Gasteiger partial charge in [0.1, 0.15) is 6.79 Å². The highest BCUT2D eigenvalue weighted by molar-refractivity contribution is 6.01. The molecule has 0 aliphatic heterocycles. The second kappa shape index (κ2) is 8.20. The van der Waals surface area contributed by atoms with E-state index in [9.17, 15) is 9.90 Å². The van der Waals surface area contributed by atoms with Gasteiger partial charge in [0.2, 0.25) is 0 Å². The van der Waals surface area contributed by atoms with Crippen LogP contribution in [0.1, 0.15) is 55.6 Å². The van der Waals surface area contributed by atoms with Gasteiger partial charge in [0.25, 0.3) is 0 Å². The van der Waals surface area contributed by atoms with Crippen LogP contribution in [0.5, 0.6) is 0 Å². The van der Waals surface area contributed by atoms with Crippen LogP contribution in [0.2, 0.25) is 0 Å². The molecule has 0 unspecified atom stereocenters.